The zero-order valence-electron chi connectivity index (χ0n) is 14.5. The van der Waals surface area contributed by atoms with Crippen LogP contribution in [0.15, 0.2) is 54.6 Å². The second kappa shape index (κ2) is 7.59. The maximum Gasteiger partial charge on any atom is 0.416 e. The molecule has 0 heterocycles. The van der Waals surface area contributed by atoms with Crippen molar-refractivity contribution in [1.82, 2.24) is 0 Å². The fourth-order valence-electron chi connectivity index (χ4n) is 2.48. The lowest BCUT2D eigenvalue weighted by atomic mass is 10.1. The Bertz CT molecular complexity index is 1030. The predicted molar refractivity (Wildman–Crippen MR) is 98.2 cm³/mol. The van der Waals surface area contributed by atoms with Gasteiger partial charge in [-0.2, -0.15) is 13.2 Å². The first-order valence-electron chi connectivity index (χ1n) is 8.11. The molecule has 1 atom stereocenters. The molecule has 0 unspecified atom stereocenters. The molecule has 0 aliphatic carbocycles. The van der Waals surface area contributed by atoms with Crippen LogP contribution in [0.3, 0.4) is 0 Å². The molecule has 0 aromatic heterocycles. The van der Waals surface area contributed by atoms with Crippen LogP contribution in [0.2, 0.25) is 5.02 Å². The minimum Gasteiger partial charge on any atom is -0.479 e. The normalized spacial score (nSPS) is 12.6. The molecule has 28 heavy (non-hydrogen) atoms. The van der Waals surface area contributed by atoms with Crippen molar-refractivity contribution < 1.29 is 32.5 Å². The van der Waals surface area contributed by atoms with Gasteiger partial charge in [0.25, 0.3) is 0 Å². The van der Waals surface area contributed by atoms with Crippen LogP contribution in [0.25, 0.3) is 10.8 Å². The summed E-state index contributed by atoms with van der Waals surface area (Å²) in [5, 5.41) is 10.3. The van der Waals surface area contributed by atoms with Gasteiger partial charge >= 0.3 is 12.1 Å². The van der Waals surface area contributed by atoms with Crippen molar-refractivity contribution in [1.29, 1.82) is 0 Å². The van der Waals surface area contributed by atoms with Crippen LogP contribution >= 0.6 is 11.6 Å². The third-order valence-electron chi connectivity index (χ3n) is 3.93. The monoisotopic (exact) mass is 410 g/mol. The van der Waals surface area contributed by atoms with Gasteiger partial charge in [0, 0.05) is 0 Å². The van der Waals surface area contributed by atoms with E-state index in [-0.39, 0.29) is 10.8 Å². The Balaban J connectivity index is 1.86. The van der Waals surface area contributed by atoms with Crippen molar-refractivity contribution in [3.05, 3.63) is 65.2 Å². The average molecular weight is 411 g/mol. The Hall–Kier alpha value is -2.93. The molecule has 0 fully saturated rings. The number of rotatable bonds is 5. The third kappa shape index (κ3) is 4.48. The quantitative estimate of drug-likeness (QED) is 0.547. The molecule has 3 aromatic carbocycles. The van der Waals surface area contributed by atoms with Gasteiger partial charge in [-0.05, 0) is 60.2 Å². The zero-order chi connectivity index (χ0) is 20.5. The second-order valence-electron chi connectivity index (χ2n) is 6.01. The smallest absolute Gasteiger partial charge is 0.416 e. The molecule has 4 nitrogen and oxygen atoms in total. The van der Waals surface area contributed by atoms with E-state index in [1.54, 1.807) is 36.4 Å². The molecule has 1 N–H and O–H groups in total. The summed E-state index contributed by atoms with van der Waals surface area (Å²) >= 11 is 5.92. The van der Waals surface area contributed by atoms with Crippen LogP contribution in [-0.2, 0) is 11.0 Å². The van der Waals surface area contributed by atoms with Gasteiger partial charge in [0.1, 0.15) is 17.2 Å². The van der Waals surface area contributed by atoms with E-state index in [1.165, 1.54) is 6.92 Å². The number of benzene rings is 3. The molecule has 0 bridgehead atoms. The summed E-state index contributed by atoms with van der Waals surface area (Å²) < 4.78 is 49.1. The summed E-state index contributed by atoms with van der Waals surface area (Å²) in [5.41, 5.74) is -0.863. The van der Waals surface area contributed by atoms with E-state index >= 15 is 0 Å². The number of carboxylic acids is 1. The van der Waals surface area contributed by atoms with Crippen LogP contribution < -0.4 is 9.47 Å². The van der Waals surface area contributed by atoms with Crippen LogP contribution in [0.5, 0.6) is 17.2 Å². The molecular weight excluding hydrogens is 397 g/mol. The maximum absolute atomic E-state index is 12.7. The molecule has 0 amide bonds. The van der Waals surface area contributed by atoms with Crippen molar-refractivity contribution in [3.8, 4) is 17.2 Å². The largest absolute Gasteiger partial charge is 0.479 e. The standard InChI is InChI=1S/C20H14ClF3O4/c1-11(19(25)26)27-15-5-2-12-3-6-16(9-13(12)8-15)28-18-7-4-14(10-17(18)21)20(22,23)24/h2-11H,1H3,(H,25,26)/t11-/m1/s1. The predicted octanol–water partition coefficient (Wildman–Crippen LogP) is 6.16. The summed E-state index contributed by atoms with van der Waals surface area (Å²) in [6, 6.07) is 13.0. The minimum absolute atomic E-state index is 0.0842. The molecule has 146 valence electrons. The summed E-state index contributed by atoms with van der Waals surface area (Å²) in [6.07, 6.45) is -5.50. The van der Waals surface area contributed by atoms with Crippen LogP contribution in [0, 0.1) is 0 Å². The van der Waals surface area contributed by atoms with E-state index in [0.29, 0.717) is 16.9 Å². The SMILES string of the molecule is C[C@@H](Oc1ccc2ccc(Oc3ccc(C(F)(F)F)cc3Cl)cc2c1)C(=O)O. The molecule has 0 saturated heterocycles. The molecule has 0 aliphatic rings. The van der Waals surface area contributed by atoms with Crippen molar-refractivity contribution in [3.63, 3.8) is 0 Å². The van der Waals surface area contributed by atoms with Gasteiger partial charge in [-0.15, -0.1) is 0 Å². The third-order valence-corrected chi connectivity index (χ3v) is 4.23. The van der Waals surface area contributed by atoms with Gasteiger partial charge in [-0.25, -0.2) is 4.79 Å². The summed E-state index contributed by atoms with van der Waals surface area (Å²) in [7, 11) is 0. The number of carboxylic acid groups (broad SMARTS) is 1. The van der Waals surface area contributed by atoms with E-state index < -0.39 is 23.8 Å². The highest BCUT2D eigenvalue weighted by Crippen LogP contribution is 2.37. The van der Waals surface area contributed by atoms with E-state index in [2.05, 4.69) is 0 Å². The molecular formula is C20H14ClF3O4. The van der Waals surface area contributed by atoms with Gasteiger partial charge < -0.3 is 14.6 Å². The summed E-state index contributed by atoms with van der Waals surface area (Å²) in [5.74, 6) is -0.278. The number of aliphatic carboxylic acids is 1. The molecule has 0 spiro atoms. The number of hydrogen-bond acceptors (Lipinski definition) is 3. The van der Waals surface area contributed by atoms with E-state index in [1.807, 2.05) is 0 Å². The lowest BCUT2D eigenvalue weighted by Crippen LogP contribution is -2.22. The molecule has 8 heteroatoms. The van der Waals surface area contributed by atoms with Crippen molar-refractivity contribution in [2.75, 3.05) is 0 Å². The van der Waals surface area contributed by atoms with Crippen LogP contribution in [-0.4, -0.2) is 17.2 Å². The van der Waals surface area contributed by atoms with Crippen LogP contribution in [0.4, 0.5) is 13.2 Å². The Kier molecular flexibility index (Phi) is 5.38. The van der Waals surface area contributed by atoms with E-state index in [0.717, 1.165) is 23.6 Å². The summed E-state index contributed by atoms with van der Waals surface area (Å²) in [4.78, 5) is 10.9. The number of carbonyl (C=O) groups is 1. The lowest BCUT2D eigenvalue weighted by molar-refractivity contribution is -0.144. The fraction of sp³-hybridized carbons (Fsp3) is 0.150. The zero-order valence-corrected chi connectivity index (χ0v) is 15.2. The number of hydrogen-bond donors (Lipinski definition) is 1. The van der Waals surface area contributed by atoms with Gasteiger partial charge in [0.15, 0.2) is 6.10 Å². The number of alkyl halides is 3. The molecule has 3 rings (SSSR count). The molecule has 0 radical (unpaired) electrons. The number of fused-ring (bicyclic) bond motifs is 1. The van der Waals surface area contributed by atoms with Crippen molar-refractivity contribution in [2.24, 2.45) is 0 Å². The average Bonchev–Trinajstić information content (AvgIpc) is 2.62. The Morgan fingerprint density at radius 2 is 1.64 bits per heavy atom. The van der Waals surface area contributed by atoms with Gasteiger partial charge in [-0.3, -0.25) is 0 Å². The number of halogens is 4. The highest BCUT2D eigenvalue weighted by molar-refractivity contribution is 6.32. The summed E-state index contributed by atoms with van der Waals surface area (Å²) in [6.45, 7) is 1.42. The minimum atomic E-state index is -4.49. The van der Waals surface area contributed by atoms with Crippen LogP contribution in [0.1, 0.15) is 12.5 Å². The first-order chi connectivity index (χ1) is 13.1. The van der Waals surface area contributed by atoms with Gasteiger partial charge in [0.05, 0.1) is 10.6 Å². The Morgan fingerprint density at radius 3 is 2.25 bits per heavy atom. The van der Waals surface area contributed by atoms with E-state index in [9.17, 15) is 18.0 Å². The molecule has 3 aromatic rings. The van der Waals surface area contributed by atoms with E-state index in [4.69, 9.17) is 26.2 Å². The lowest BCUT2D eigenvalue weighted by Gasteiger charge is -2.13. The molecule has 0 saturated carbocycles. The van der Waals surface area contributed by atoms with Gasteiger partial charge in [-0.1, -0.05) is 23.7 Å². The highest BCUT2D eigenvalue weighted by atomic mass is 35.5. The number of ether oxygens (including phenoxy) is 2. The Morgan fingerprint density at radius 1 is 1.00 bits per heavy atom. The maximum atomic E-state index is 12.7. The first-order valence-corrected chi connectivity index (χ1v) is 8.49. The van der Waals surface area contributed by atoms with Crippen molar-refractivity contribution in [2.45, 2.75) is 19.2 Å². The van der Waals surface area contributed by atoms with Crippen molar-refractivity contribution >= 4 is 28.3 Å². The fourth-order valence-corrected chi connectivity index (χ4v) is 2.70. The van der Waals surface area contributed by atoms with Gasteiger partial charge in [0.2, 0.25) is 0 Å². The topological polar surface area (TPSA) is 55.8 Å². The first kappa shape index (κ1) is 19.8. The second-order valence-corrected chi connectivity index (χ2v) is 6.42. The molecule has 0 aliphatic heterocycles. The Labute approximate surface area is 163 Å². The highest BCUT2D eigenvalue weighted by Gasteiger charge is 2.31.